The molecule has 1 unspecified atom stereocenters. The van der Waals surface area contributed by atoms with Crippen molar-refractivity contribution < 1.29 is 19.1 Å². The molecule has 4 rings (SSSR count). The van der Waals surface area contributed by atoms with Crippen LogP contribution >= 0.6 is 11.3 Å². The topological polar surface area (TPSA) is 65.5 Å². The van der Waals surface area contributed by atoms with Crippen LogP contribution in [0.4, 0.5) is 0 Å². The highest BCUT2D eigenvalue weighted by molar-refractivity contribution is 7.15. The van der Waals surface area contributed by atoms with Gasteiger partial charge in [-0.2, -0.15) is 0 Å². The Labute approximate surface area is 154 Å². The summed E-state index contributed by atoms with van der Waals surface area (Å²) in [6, 6.07) is 16.9. The van der Waals surface area contributed by atoms with E-state index in [2.05, 4.69) is 4.98 Å². The van der Waals surface area contributed by atoms with Crippen molar-refractivity contribution in [1.29, 1.82) is 0 Å². The van der Waals surface area contributed by atoms with Gasteiger partial charge >= 0.3 is 11.9 Å². The molecule has 0 radical (unpaired) electrons. The Balaban J connectivity index is 1.39. The fourth-order valence-electron chi connectivity index (χ4n) is 2.79. The van der Waals surface area contributed by atoms with Crippen LogP contribution in [0, 0.1) is 0 Å². The Hall–Kier alpha value is -2.99. The van der Waals surface area contributed by atoms with Crippen molar-refractivity contribution in [3.63, 3.8) is 0 Å². The number of cyclic esters (lactones) is 1. The number of carbonyl (C=O) groups excluding carboxylic acids is 2. The van der Waals surface area contributed by atoms with Crippen LogP contribution in [-0.2, 0) is 27.3 Å². The van der Waals surface area contributed by atoms with Crippen molar-refractivity contribution in [1.82, 2.24) is 4.98 Å². The van der Waals surface area contributed by atoms with E-state index >= 15 is 0 Å². The second kappa shape index (κ2) is 7.09. The Bertz CT molecular complexity index is 951. The highest BCUT2D eigenvalue weighted by atomic mass is 32.1. The predicted octanol–water partition coefficient (Wildman–Crippen LogP) is 3.64. The zero-order valence-electron chi connectivity index (χ0n) is 13.8. The molecule has 1 atom stereocenters. The van der Waals surface area contributed by atoms with Crippen LogP contribution in [0.15, 0.2) is 60.8 Å². The predicted molar refractivity (Wildman–Crippen MR) is 96.7 cm³/mol. The highest BCUT2D eigenvalue weighted by Gasteiger charge is 2.32. The summed E-state index contributed by atoms with van der Waals surface area (Å²) in [5.74, 6) is -1.03. The van der Waals surface area contributed by atoms with E-state index in [9.17, 15) is 9.59 Å². The first-order chi connectivity index (χ1) is 12.7. The quantitative estimate of drug-likeness (QED) is 0.661. The molecular weight excluding hydrogens is 350 g/mol. The smallest absolute Gasteiger partial charge is 0.348 e. The van der Waals surface area contributed by atoms with Gasteiger partial charge in [0, 0.05) is 18.2 Å². The van der Waals surface area contributed by atoms with Gasteiger partial charge < -0.3 is 9.47 Å². The standard InChI is InChI=1S/C20H15NO4S/c22-19-16-9-5-4-8-14(16)10-17(25-19)20(23)24-12-15-11-21-18(26-15)13-6-2-1-3-7-13/h1-9,11,17H,10,12H2. The van der Waals surface area contributed by atoms with E-state index < -0.39 is 18.0 Å². The number of benzene rings is 2. The Kier molecular flexibility index (Phi) is 4.50. The maximum Gasteiger partial charge on any atom is 0.348 e. The first-order valence-electron chi connectivity index (χ1n) is 8.16. The van der Waals surface area contributed by atoms with Gasteiger partial charge in [0.1, 0.15) is 11.6 Å². The number of carbonyl (C=O) groups is 2. The van der Waals surface area contributed by atoms with E-state index in [0.717, 1.165) is 21.0 Å². The van der Waals surface area contributed by atoms with Crippen molar-refractivity contribution in [2.75, 3.05) is 0 Å². The molecule has 26 heavy (non-hydrogen) atoms. The number of aromatic nitrogens is 1. The zero-order valence-corrected chi connectivity index (χ0v) is 14.6. The molecular formula is C20H15NO4S. The molecule has 0 amide bonds. The molecule has 1 aliphatic heterocycles. The number of nitrogens with zero attached hydrogens (tertiary/aromatic N) is 1. The highest BCUT2D eigenvalue weighted by Crippen LogP contribution is 2.26. The molecule has 1 aromatic heterocycles. The summed E-state index contributed by atoms with van der Waals surface area (Å²) in [5, 5.41) is 0.870. The lowest BCUT2D eigenvalue weighted by molar-refractivity contribution is -0.155. The van der Waals surface area contributed by atoms with E-state index in [0.29, 0.717) is 12.0 Å². The Morgan fingerprint density at radius 1 is 1.15 bits per heavy atom. The number of esters is 2. The molecule has 0 bridgehead atoms. The van der Waals surface area contributed by atoms with E-state index in [1.54, 1.807) is 18.3 Å². The van der Waals surface area contributed by atoms with Gasteiger partial charge in [-0.1, -0.05) is 48.5 Å². The summed E-state index contributed by atoms with van der Waals surface area (Å²) in [5.41, 5.74) is 2.33. The molecule has 1 aliphatic rings. The first-order valence-corrected chi connectivity index (χ1v) is 8.98. The van der Waals surface area contributed by atoms with E-state index in [1.807, 2.05) is 42.5 Å². The lowest BCUT2D eigenvalue weighted by Gasteiger charge is -2.22. The molecule has 130 valence electrons. The average molecular weight is 365 g/mol. The van der Waals surface area contributed by atoms with Crippen LogP contribution in [0.1, 0.15) is 20.8 Å². The molecule has 0 N–H and O–H groups in total. The SMILES string of the molecule is O=C1OC(C(=O)OCc2cnc(-c3ccccc3)s2)Cc2ccccc21. The second-order valence-corrected chi connectivity index (χ2v) is 6.98. The molecule has 2 aromatic carbocycles. The van der Waals surface area contributed by atoms with Crippen molar-refractivity contribution in [2.24, 2.45) is 0 Å². The monoisotopic (exact) mass is 365 g/mol. The first kappa shape index (κ1) is 16.5. The second-order valence-electron chi connectivity index (χ2n) is 5.86. The van der Waals surface area contributed by atoms with Gasteiger partial charge in [-0.05, 0) is 11.6 Å². The van der Waals surface area contributed by atoms with Crippen LogP contribution < -0.4 is 0 Å². The van der Waals surface area contributed by atoms with Gasteiger partial charge in [-0.3, -0.25) is 0 Å². The minimum absolute atomic E-state index is 0.110. The van der Waals surface area contributed by atoms with E-state index in [1.165, 1.54) is 11.3 Å². The lowest BCUT2D eigenvalue weighted by atomic mass is 9.99. The van der Waals surface area contributed by atoms with E-state index in [-0.39, 0.29) is 6.61 Å². The van der Waals surface area contributed by atoms with Crippen molar-refractivity contribution in [3.8, 4) is 10.6 Å². The van der Waals surface area contributed by atoms with Crippen LogP contribution in [0.2, 0.25) is 0 Å². The van der Waals surface area contributed by atoms with E-state index in [4.69, 9.17) is 9.47 Å². The molecule has 5 nitrogen and oxygen atoms in total. The maximum absolute atomic E-state index is 12.3. The summed E-state index contributed by atoms with van der Waals surface area (Å²) in [6.07, 6.45) is 1.13. The number of fused-ring (bicyclic) bond motifs is 1. The fourth-order valence-corrected chi connectivity index (χ4v) is 3.62. The molecule has 0 aliphatic carbocycles. The van der Waals surface area contributed by atoms with Crippen molar-refractivity contribution in [2.45, 2.75) is 19.1 Å². The molecule has 0 fully saturated rings. The van der Waals surface area contributed by atoms with Gasteiger partial charge in [0.05, 0.1) is 10.4 Å². The third-order valence-corrected chi connectivity index (χ3v) is 5.11. The van der Waals surface area contributed by atoms with Gasteiger partial charge in [0.25, 0.3) is 0 Å². The molecule has 6 heteroatoms. The van der Waals surface area contributed by atoms with Crippen molar-refractivity contribution >= 4 is 23.3 Å². The molecule has 3 aromatic rings. The molecule has 0 saturated carbocycles. The number of hydrogen-bond acceptors (Lipinski definition) is 6. The summed E-state index contributed by atoms with van der Waals surface area (Å²) < 4.78 is 10.5. The lowest BCUT2D eigenvalue weighted by Crippen LogP contribution is -2.35. The third-order valence-electron chi connectivity index (χ3n) is 4.09. The molecule has 2 heterocycles. The van der Waals surface area contributed by atoms with Crippen LogP contribution in [0.25, 0.3) is 10.6 Å². The van der Waals surface area contributed by atoms with Gasteiger partial charge in [-0.15, -0.1) is 11.3 Å². The zero-order chi connectivity index (χ0) is 17.9. The maximum atomic E-state index is 12.3. The summed E-state index contributed by atoms with van der Waals surface area (Å²) in [7, 11) is 0. The van der Waals surface area contributed by atoms with Crippen LogP contribution in [0.5, 0.6) is 0 Å². The van der Waals surface area contributed by atoms with Crippen LogP contribution in [0.3, 0.4) is 0 Å². The number of ether oxygens (including phenoxy) is 2. The number of hydrogen-bond donors (Lipinski definition) is 0. The summed E-state index contributed by atoms with van der Waals surface area (Å²) >= 11 is 1.47. The van der Waals surface area contributed by atoms with Crippen molar-refractivity contribution in [3.05, 3.63) is 76.8 Å². The number of rotatable bonds is 4. The fraction of sp³-hybridized carbons (Fsp3) is 0.150. The summed E-state index contributed by atoms with van der Waals surface area (Å²) in [4.78, 5) is 29.5. The largest absolute Gasteiger partial charge is 0.457 e. The normalized spacial score (nSPS) is 15.8. The average Bonchev–Trinajstić information content (AvgIpc) is 3.16. The third kappa shape index (κ3) is 3.36. The van der Waals surface area contributed by atoms with Gasteiger partial charge in [0.2, 0.25) is 6.10 Å². The van der Waals surface area contributed by atoms with Crippen LogP contribution in [-0.4, -0.2) is 23.0 Å². The minimum Gasteiger partial charge on any atom is -0.457 e. The molecule has 0 saturated heterocycles. The summed E-state index contributed by atoms with van der Waals surface area (Å²) in [6.45, 7) is 0.110. The Morgan fingerprint density at radius 3 is 2.77 bits per heavy atom. The van der Waals surface area contributed by atoms with Gasteiger partial charge in [-0.25, -0.2) is 14.6 Å². The van der Waals surface area contributed by atoms with Gasteiger partial charge in [0.15, 0.2) is 0 Å². The molecule has 0 spiro atoms. The number of thiazole rings is 1. The minimum atomic E-state index is -0.904. The Morgan fingerprint density at radius 2 is 1.92 bits per heavy atom.